The summed E-state index contributed by atoms with van der Waals surface area (Å²) in [6.07, 6.45) is 5.16. The predicted molar refractivity (Wildman–Crippen MR) is 95.9 cm³/mol. The van der Waals surface area contributed by atoms with Gasteiger partial charge in [0.1, 0.15) is 18.1 Å². The first-order valence-electron chi connectivity index (χ1n) is 7.74. The fourth-order valence-corrected chi connectivity index (χ4v) is 2.30. The van der Waals surface area contributed by atoms with Gasteiger partial charge >= 0.3 is 0 Å². The monoisotopic (exact) mass is 323 g/mol. The lowest BCUT2D eigenvalue weighted by atomic mass is 10.1. The molecule has 0 fully saturated rings. The number of nitrogens with zero attached hydrogens (tertiary/aromatic N) is 1. The number of anilines is 1. The van der Waals surface area contributed by atoms with Crippen LogP contribution in [0.15, 0.2) is 42.5 Å². The van der Waals surface area contributed by atoms with E-state index in [9.17, 15) is 4.79 Å². The number of amides is 1. The van der Waals surface area contributed by atoms with Gasteiger partial charge in [-0.3, -0.25) is 4.79 Å². The highest BCUT2D eigenvalue weighted by Crippen LogP contribution is 2.23. The lowest BCUT2D eigenvalue weighted by Gasteiger charge is -2.18. The third kappa shape index (κ3) is 4.08. The summed E-state index contributed by atoms with van der Waals surface area (Å²) in [5, 5.41) is 0. The Morgan fingerprint density at radius 2 is 1.88 bits per heavy atom. The highest BCUT2D eigenvalue weighted by atomic mass is 16.5. The fourth-order valence-electron chi connectivity index (χ4n) is 2.30. The van der Waals surface area contributed by atoms with Crippen molar-refractivity contribution in [2.45, 2.75) is 13.8 Å². The minimum Gasteiger partial charge on any atom is -0.494 e. The molecule has 0 aliphatic heterocycles. The standard InChI is InChI=1S/C20H21NO3/c1-5-13-24-18-10-8-17(9-11-18)21(4)20(22)16-7-12-19(23-6-2)15(3)14-16/h1,7-12,14H,6,13H2,2-4H3. The topological polar surface area (TPSA) is 38.8 Å². The second-order valence-electron chi connectivity index (χ2n) is 5.26. The average molecular weight is 323 g/mol. The molecule has 4 nitrogen and oxygen atoms in total. The largest absolute Gasteiger partial charge is 0.494 e. The highest BCUT2D eigenvalue weighted by Gasteiger charge is 2.15. The van der Waals surface area contributed by atoms with Crippen LogP contribution in [0.25, 0.3) is 0 Å². The van der Waals surface area contributed by atoms with E-state index in [0.29, 0.717) is 17.9 Å². The molecule has 0 N–H and O–H groups in total. The van der Waals surface area contributed by atoms with Crippen molar-refractivity contribution in [3.8, 4) is 23.8 Å². The van der Waals surface area contributed by atoms with Gasteiger partial charge in [-0.05, 0) is 61.9 Å². The molecule has 4 heteroatoms. The first kappa shape index (κ1) is 17.4. The van der Waals surface area contributed by atoms with E-state index >= 15 is 0 Å². The number of carbonyl (C=O) groups is 1. The molecule has 24 heavy (non-hydrogen) atoms. The van der Waals surface area contributed by atoms with Gasteiger partial charge in [0, 0.05) is 18.3 Å². The third-order valence-electron chi connectivity index (χ3n) is 3.57. The SMILES string of the molecule is C#CCOc1ccc(N(C)C(=O)c2ccc(OCC)c(C)c2)cc1. The van der Waals surface area contributed by atoms with E-state index in [-0.39, 0.29) is 12.5 Å². The third-order valence-corrected chi connectivity index (χ3v) is 3.57. The summed E-state index contributed by atoms with van der Waals surface area (Å²) in [6, 6.07) is 12.7. The molecule has 0 spiro atoms. The molecular weight excluding hydrogens is 302 g/mol. The summed E-state index contributed by atoms with van der Waals surface area (Å²) in [7, 11) is 1.74. The molecule has 0 bridgehead atoms. The molecule has 2 rings (SSSR count). The summed E-state index contributed by atoms with van der Waals surface area (Å²) in [6.45, 7) is 4.68. The Hall–Kier alpha value is -2.93. The Bertz CT molecular complexity index is 744. The van der Waals surface area contributed by atoms with Gasteiger partial charge in [-0.25, -0.2) is 0 Å². The van der Waals surface area contributed by atoms with E-state index in [1.165, 1.54) is 0 Å². The van der Waals surface area contributed by atoms with Crippen LogP contribution in [0, 0.1) is 19.3 Å². The Morgan fingerprint density at radius 1 is 1.17 bits per heavy atom. The van der Waals surface area contributed by atoms with Crippen molar-refractivity contribution < 1.29 is 14.3 Å². The zero-order valence-corrected chi connectivity index (χ0v) is 14.2. The number of hydrogen-bond acceptors (Lipinski definition) is 3. The maximum Gasteiger partial charge on any atom is 0.258 e. The van der Waals surface area contributed by atoms with Crippen LogP contribution in [0.3, 0.4) is 0 Å². The molecule has 0 radical (unpaired) electrons. The van der Waals surface area contributed by atoms with E-state index in [1.807, 2.05) is 38.1 Å². The molecule has 1 amide bonds. The first-order chi connectivity index (χ1) is 11.6. The lowest BCUT2D eigenvalue weighted by Crippen LogP contribution is -2.26. The van der Waals surface area contributed by atoms with E-state index in [1.54, 1.807) is 30.1 Å². The van der Waals surface area contributed by atoms with Gasteiger partial charge in [-0.15, -0.1) is 6.42 Å². The number of aryl methyl sites for hydroxylation is 1. The predicted octanol–water partition coefficient (Wildman–Crippen LogP) is 3.68. The minimum atomic E-state index is -0.0848. The second kappa shape index (κ2) is 8.07. The van der Waals surface area contributed by atoms with Crippen LogP contribution in [0.2, 0.25) is 0 Å². The molecular formula is C20H21NO3. The number of rotatable bonds is 6. The van der Waals surface area contributed by atoms with Crippen LogP contribution in [-0.4, -0.2) is 26.2 Å². The Labute approximate surface area is 143 Å². The highest BCUT2D eigenvalue weighted by molar-refractivity contribution is 6.05. The molecule has 0 aliphatic carbocycles. The summed E-state index contributed by atoms with van der Waals surface area (Å²) >= 11 is 0. The van der Waals surface area contributed by atoms with Gasteiger partial charge in [0.25, 0.3) is 5.91 Å². The van der Waals surface area contributed by atoms with Crippen molar-refractivity contribution in [1.82, 2.24) is 0 Å². The van der Waals surface area contributed by atoms with Crippen LogP contribution >= 0.6 is 0 Å². The Kier molecular flexibility index (Phi) is 5.86. The van der Waals surface area contributed by atoms with Gasteiger partial charge < -0.3 is 14.4 Å². The normalized spacial score (nSPS) is 9.92. The molecule has 0 saturated heterocycles. The maximum absolute atomic E-state index is 12.7. The summed E-state index contributed by atoms with van der Waals surface area (Å²) in [4.78, 5) is 14.2. The van der Waals surface area contributed by atoms with Crippen LogP contribution in [0.4, 0.5) is 5.69 Å². The number of carbonyl (C=O) groups excluding carboxylic acids is 1. The second-order valence-corrected chi connectivity index (χ2v) is 5.26. The molecule has 0 aliphatic rings. The number of ether oxygens (including phenoxy) is 2. The smallest absolute Gasteiger partial charge is 0.258 e. The van der Waals surface area contributed by atoms with Crippen molar-refractivity contribution in [1.29, 1.82) is 0 Å². The van der Waals surface area contributed by atoms with Crippen LogP contribution < -0.4 is 14.4 Å². The zero-order valence-electron chi connectivity index (χ0n) is 14.2. The van der Waals surface area contributed by atoms with E-state index < -0.39 is 0 Å². The molecule has 2 aromatic rings. The molecule has 0 heterocycles. The molecule has 0 unspecified atom stereocenters. The Balaban J connectivity index is 2.14. The summed E-state index contributed by atoms with van der Waals surface area (Å²) in [5.41, 5.74) is 2.33. The van der Waals surface area contributed by atoms with Crippen molar-refractivity contribution in [3.63, 3.8) is 0 Å². The van der Waals surface area contributed by atoms with Crippen molar-refractivity contribution in [2.75, 3.05) is 25.2 Å². The van der Waals surface area contributed by atoms with Crippen LogP contribution in [-0.2, 0) is 0 Å². The van der Waals surface area contributed by atoms with Crippen molar-refractivity contribution >= 4 is 11.6 Å². The molecule has 0 aromatic heterocycles. The number of terminal acetylenes is 1. The van der Waals surface area contributed by atoms with Gasteiger partial charge in [-0.1, -0.05) is 5.92 Å². The van der Waals surface area contributed by atoms with Gasteiger partial charge in [0.15, 0.2) is 0 Å². The molecule has 0 atom stereocenters. The Morgan fingerprint density at radius 3 is 2.46 bits per heavy atom. The van der Waals surface area contributed by atoms with Crippen LogP contribution in [0.5, 0.6) is 11.5 Å². The quantitative estimate of drug-likeness (QED) is 0.761. The van der Waals surface area contributed by atoms with Crippen molar-refractivity contribution in [3.05, 3.63) is 53.6 Å². The lowest BCUT2D eigenvalue weighted by molar-refractivity contribution is 0.0993. The van der Waals surface area contributed by atoms with Gasteiger partial charge in [-0.2, -0.15) is 0 Å². The fraction of sp³-hybridized carbons (Fsp3) is 0.250. The van der Waals surface area contributed by atoms with Gasteiger partial charge in [0.2, 0.25) is 0 Å². The van der Waals surface area contributed by atoms with Crippen molar-refractivity contribution in [2.24, 2.45) is 0 Å². The summed E-state index contributed by atoms with van der Waals surface area (Å²) < 4.78 is 10.8. The van der Waals surface area contributed by atoms with Crippen LogP contribution in [0.1, 0.15) is 22.8 Å². The average Bonchev–Trinajstić information content (AvgIpc) is 2.61. The first-order valence-corrected chi connectivity index (χ1v) is 7.74. The zero-order chi connectivity index (χ0) is 17.5. The summed E-state index contributed by atoms with van der Waals surface area (Å²) in [5.74, 6) is 3.80. The van der Waals surface area contributed by atoms with E-state index in [2.05, 4.69) is 5.92 Å². The minimum absolute atomic E-state index is 0.0848. The van der Waals surface area contributed by atoms with E-state index in [0.717, 1.165) is 17.0 Å². The molecule has 0 saturated carbocycles. The number of hydrogen-bond donors (Lipinski definition) is 0. The van der Waals surface area contributed by atoms with E-state index in [4.69, 9.17) is 15.9 Å². The molecule has 2 aromatic carbocycles. The van der Waals surface area contributed by atoms with Gasteiger partial charge in [0.05, 0.1) is 6.61 Å². The molecule has 124 valence electrons. The maximum atomic E-state index is 12.7. The number of benzene rings is 2.